The second kappa shape index (κ2) is 16.1. The Labute approximate surface area is 372 Å². The van der Waals surface area contributed by atoms with E-state index in [4.69, 9.17) is 0 Å². The largest absolute Gasteiger partial charge is 0.310 e. The van der Waals surface area contributed by atoms with Gasteiger partial charge in [-0.15, -0.1) is 0 Å². The first-order valence-corrected chi connectivity index (χ1v) is 22.4. The summed E-state index contributed by atoms with van der Waals surface area (Å²) in [6.45, 7) is 4.79. The summed E-state index contributed by atoms with van der Waals surface area (Å²) in [6, 6.07) is 81.1. The molecule has 0 aliphatic heterocycles. The van der Waals surface area contributed by atoms with Gasteiger partial charge in [0, 0.05) is 39.4 Å². The maximum absolute atomic E-state index is 2.57. The van der Waals surface area contributed by atoms with Crippen LogP contribution in [0.15, 0.2) is 218 Å². The van der Waals surface area contributed by atoms with Gasteiger partial charge in [0.25, 0.3) is 0 Å². The van der Waals surface area contributed by atoms with Crippen LogP contribution in [0.5, 0.6) is 0 Å². The number of anilines is 6. The van der Waals surface area contributed by atoms with Crippen molar-refractivity contribution in [2.24, 2.45) is 0 Å². The molecule has 0 N–H and O–H groups in total. The van der Waals surface area contributed by atoms with E-state index in [1.54, 1.807) is 0 Å². The lowest BCUT2D eigenvalue weighted by Crippen LogP contribution is -2.18. The molecule has 0 amide bonds. The highest BCUT2D eigenvalue weighted by Gasteiger charge is 2.36. The zero-order chi connectivity index (χ0) is 42.3. The van der Waals surface area contributed by atoms with E-state index in [2.05, 4.69) is 242 Å². The molecule has 2 heteroatoms. The Morgan fingerprint density at radius 3 is 1.48 bits per heavy atom. The standard InChI is InChI=1S/C61H50N2/c1-61(2)56-38-35-49(45-17-7-3-8-18-45)41-55(56)54-37-36-52(42-57(54)61)63(58-26-16-15-25-53(58)46-19-9-4-10-20-46)60-40-44-28-32-47-31-27-43(29-33-48(60)34-30-44)39-59(47)62(50-21-11-5-12-22-50)51-23-13-6-14-24-51/h3-27,30-31,34-42H,28-29,32-33H2,1-2H3. The minimum Gasteiger partial charge on any atom is -0.310 e. The number of rotatable bonds is 8. The van der Waals surface area contributed by atoms with Crippen molar-refractivity contribution in [2.75, 3.05) is 9.80 Å². The van der Waals surface area contributed by atoms with E-state index < -0.39 is 0 Å². The first-order chi connectivity index (χ1) is 31.0. The van der Waals surface area contributed by atoms with Crippen molar-refractivity contribution in [1.82, 2.24) is 0 Å². The van der Waals surface area contributed by atoms with Gasteiger partial charge in [-0.1, -0.05) is 172 Å². The van der Waals surface area contributed by atoms with Crippen LogP contribution in [-0.4, -0.2) is 0 Å². The van der Waals surface area contributed by atoms with E-state index in [-0.39, 0.29) is 5.41 Å². The number of hydrogen-bond acceptors (Lipinski definition) is 2. The maximum Gasteiger partial charge on any atom is 0.0540 e. The zero-order valence-electron chi connectivity index (χ0n) is 36.0. The molecule has 0 radical (unpaired) electrons. The van der Waals surface area contributed by atoms with Crippen LogP contribution < -0.4 is 9.80 Å². The van der Waals surface area contributed by atoms with Gasteiger partial charge in [-0.05, 0) is 148 Å². The number of aryl methyl sites for hydroxylation is 4. The zero-order valence-corrected chi connectivity index (χ0v) is 36.0. The third kappa shape index (κ3) is 7.12. The predicted octanol–water partition coefficient (Wildman–Crippen LogP) is 16.2. The van der Waals surface area contributed by atoms with E-state index in [0.29, 0.717) is 0 Å². The smallest absolute Gasteiger partial charge is 0.0540 e. The van der Waals surface area contributed by atoms with E-state index in [1.165, 1.54) is 101 Å². The highest BCUT2D eigenvalue weighted by atomic mass is 15.2. The molecule has 0 atom stereocenters. The number of para-hydroxylation sites is 3. The SMILES string of the molecule is CC1(C)c2ccc(-c3ccccc3)cc2-c2ccc(N(c3cc4ccc3CCc3ccc(c(N(c5ccccc5)c5ccccc5)c3)CC4)c3ccccc3-c3ccccc3)cc21. The summed E-state index contributed by atoms with van der Waals surface area (Å²) in [5.74, 6) is 0. The van der Waals surface area contributed by atoms with E-state index in [9.17, 15) is 0 Å². The van der Waals surface area contributed by atoms with Crippen LogP contribution in [0, 0.1) is 0 Å². The molecule has 304 valence electrons. The van der Waals surface area contributed by atoms with Gasteiger partial charge in [0.2, 0.25) is 0 Å². The molecule has 0 spiro atoms. The average molecular weight is 811 g/mol. The molecule has 4 bridgehead atoms. The molecule has 2 nitrogen and oxygen atoms in total. The fraction of sp³-hybridized carbons (Fsp3) is 0.115. The topological polar surface area (TPSA) is 6.48 Å². The summed E-state index contributed by atoms with van der Waals surface area (Å²) in [5, 5.41) is 0. The first-order valence-electron chi connectivity index (χ1n) is 22.4. The molecular weight excluding hydrogens is 761 g/mol. The van der Waals surface area contributed by atoms with E-state index in [0.717, 1.165) is 25.7 Å². The lowest BCUT2D eigenvalue weighted by Gasteiger charge is -2.32. The third-order valence-corrected chi connectivity index (χ3v) is 13.4. The van der Waals surface area contributed by atoms with Crippen molar-refractivity contribution in [1.29, 1.82) is 0 Å². The highest BCUT2D eigenvalue weighted by Crippen LogP contribution is 2.52. The Morgan fingerprint density at radius 2 is 0.857 bits per heavy atom. The average Bonchev–Trinajstić information content (AvgIpc) is 3.56. The molecule has 9 aromatic rings. The van der Waals surface area contributed by atoms with Crippen LogP contribution in [0.3, 0.4) is 0 Å². The van der Waals surface area contributed by atoms with Crippen LogP contribution in [0.2, 0.25) is 0 Å². The molecule has 63 heavy (non-hydrogen) atoms. The summed E-state index contributed by atoms with van der Waals surface area (Å²) in [4.78, 5) is 5.01. The van der Waals surface area contributed by atoms with Crippen LogP contribution >= 0.6 is 0 Å². The molecule has 0 heterocycles. The molecule has 9 aromatic carbocycles. The van der Waals surface area contributed by atoms with Gasteiger partial charge in [0.15, 0.2) is 0 Å². The molecule has 5 aliphatic carbocycles. The number of benzene rings is 9. The maximum atomic E-state index is 2.57. The second-order valence-electron chi connectivity index (χ2n) is 17.6. The van der Waals surface area contributed by atoms with E-state index >= 15 is 0 Å². The van der Waals surface area contributed by atoms with Gasteiger partial charge < -0.3 is 9.80 Å². The molecule has 0 unspecified atom stereocenters. The Bertz CT molecular complexity index is 3040. The Balaban J connectivity index is 1.04. The molecule has 0 aromatic heterocycles. The molecule has 0 saturated carbocycles. The summed E-state index contributed by atoms with van der Waals surface area (Å²) >= 11 is 0. The molecule has 0 saturated heterocycles. The predicted molar refractivity (Wildman–Crippen MR) is 266 cm³/mol. The fourth-order valence-electron chi connectivity index (χ4n) is 10.1. The van der Waals surface area contributed by atoms with Crippen LogP contribution in [0.25, 0.3) is 33.4 Å². The Hall–Kier alpha value is -7.42. The third-order valence-electron chi connectivity index (χ3n) is 13.4. The lowest BCUT2D eigenvalue weighted by atomic mass is 9.82. The highest BCUT2D eigenvalue weighted by molar-refractivity contribution is 5.92. The van der Waals surface area contributed by atoms with Crippen molar-refractivity contribution in [2.45, 2.75) is 44.9 Å². The molecule has 14 rings (SSSR count). The van der Waals surface area contributed by atoms with Gasteiger partial charge in [-0.2, -0.15) is 0 Å². The first kappa shape index (κ1) is 38.5. The molecule has 5 aliphatic rings. The number of fused-ring (bicyclic) bond motifs is 3. The van der Waals surface area contributed by atoms with Crippen LogP contribution in [0.1, 0.15) is 47.2 Å². The molecule has 0 fully saturated rings. The van der Waals surface area contributed by atoms with Crippen molar-refractivity contribution in [3.8, 4) is 33.4 Å². The summed E-state index contributed by atoms with van der Waals surface area (Å²) in [5.41, 5.74) is 22.7. The Kier molecular flexibility index (Phi) is 9.85. The van der Waals surface area contributed by atoms with Crippen molar-refractivity contribution < 1.29 is 0 Å². The van der Waals surface area contributed by atoms with E-state index in [1.807, 2.05) is 0 Å². The molecular formula is C61H50N2. The minimum absolute atomic E-state index is 0.168. The monoisotopic (exact) mass is 810 g/mol. The minimum atomic E-state index is -0.168. The van der Waals surface area contributed by atoms with Gasteiger partial charge in [-0.3, -0.25) is 0 Å². The number of nitrogens with zero attached hydrogens (tertiary/aromatic N) is 2. The lowest BCUT2D eigenvalue weighted by molar-refractivity contribution is 0.660. The van der Waals surface area contributed by atoms with Crippen LogP contribution in [-0.2, 0) is 31.1 Å². The number of hydrogen-bond donors (Lipinski definition) is 0. The van der Waals surface area contributed by atoms with Crippen molar-refractivity contribution >= 4 is 34.1 Å². The van der Waals surface area contributed by atoms with Gasteiger partial charge in [0.1, 0.15) is 0 Å². The van der Waals surface area contributed by atoms with Crippen LogP contribution in [0.4, 0.5) is 34.1 Å². The summed E-state index contributed by atoms with van der Waals surface area (Å²) in [6.07, 6.45) is 3.66. The van der Waals surface area contributed by atoms with Crippen molar-refractivity contribution in [3.05, 3.63) is 252 Å². The normalized spacial score (nSPS) is 13.4. The summed E-state index contributed by atoms with van der Waals surface area (Å²) in [7, 11) is 0. The van der Waals surface area contributed by atoms with Gasteiger partial charge in [0.05, 0.1) is 5.69 Å². The summed E-state index contributed by atoms with van der Waals surface area (Å²) < 4.78 is 0. The van der Waals surface area contributed by atoms with Crippen molar-refractivity contribution in [3.63, 3.8) is 0 Å². The van der Waals surface area contributed by atoms with Gasteiger partial charge in [-0.25, -0.2) is 0 Å². The Morgan fingerprint density at radius 1 is 0.317 bits per heavy atom. The quantitative estimate of drug-likeness (QED) is 0.151. The van der Waals surface area contributed by atoms with Gasteiger partial charge >= 0.3 is 0 Å². The fourth-order valence-corrected chi connectivity index (χ4v) is 10.1. The second-order valence-corrected chi connectivity index (χ2v) is 17.6.